The first-order chi connectivity index (χ1) is 12.7. The van der Waals surface area contributed by atoms with Crippen molar-refractivity contribution in [1.82, 2.24) is 20.4 Å². The number of carbonyl (C=O) groups excluding carboxylic acids is 1. The Morgan fingerprint density at radius 2 is 2.23 bits per heavy atom. The lowest BCUT2D eigenvalue weighted by molar-refractivity contribution is 0.0942. The van der Waals surface area contributed by atoms with E-state index < -0.39 is 0 Å². The predicted molar refractivity (Wildman–Crippen MR) is 101 cm³/mol. The van der Waals surface area contributed by atoms with Crippen LogP contribution >= 0.6 is 22.7 Å². The molecule has 0 saturated heterocycles. The summed E-state index contributed by atoms with van der Waals surface area (Å²) in [5.41, 5.74) is 2.13. The van der Waals surface area contributed by atoms with Crippen LogP contribution in [-0.2, 0) is 6.54 Å². The Kier molecular flexibility index (Phi) is 4.59. The fourth-order valence-corrected chi connectivity index (χ4v) is 4.04. The van der Waals surface area contributed by atoms with Crippen LogP contribution in [0.4, 0.5) is 0 Å². The van der Waals surface area contributed by atoms with Crippen molar-refractivity contribution >= 4 is 28.6 Å². The highest BCUT2D eigenvalue weighted by Gasteiger charge is 2.16. The van der Waals surface area contributed by atoms with Crippen LogP contribution in [-0.4, -0.2) is 21.0 Å². The number of aromatic nitrogens is 3. The molecule has 0 spiro atoms. The summed E-state index contributed by atoms with van der Waals surface area (Å²) in [5.74, 6) is 0.324. The molecule has 0 aliphatic rings. The van der Waals surface area contributed by atoms with Crippen LogP contribution in [0.5, 0.6) is 0 Å². The number of rotatable bonds is 5. The Labute approximate surface area is 157 Å². The summed E-state index contributed by atoms with van der Waals surface area (Å²) in [6.45, 7) is 2.33. The number of thiophene rings is 1. The lowest BCUT2D eigenvalue weighted by Gasteiger charge is -2.00. The van der Waals surface area contributed by atoms with Gasteiger partial charge in [0.25, 0.3) is 5.91 Å². The van der Waals surface area contributed by atoms with Gasteiger partial charge in [-0.15, -0.1) is 22.7 Å². The first kappa shape index (κ1) is 16.6. The summed E-state index contributed by atoms with van der Waals surface area (Å²) in [6, 6.07) is 9.35. The van der Waals surface area contributed by atoms with E-state index in [1.807, 2.05) is 36.6 Å². The molecule has 0 atom stereocenters. The molecule has 0 unspecified atom stereocenters. The van der Waals surface area contributed by atoms with E-state index in [-0.39, 0.29) is 11.6 Å². The van der Waals surface area contributed by atoms with E-state index in [2.05, 4.69) is 20.4 Å². The van der Waals surface area contributed by atoms with E-state index >= 15 is 0 Å². The van der Waals surface area contributed by atoms with Crippen molar-refractivity contribution in [2.24, 2.45) is 0 Å². The molecular weight excluding hydrogens is 368 g/mol. The second-order valence-corrected chi connectivity index (χ2v) is 7.54. The Morgan fingerprint density at radius 1 is 1.31 bits per heavy atom. The molecule has 0 aromatic carbocycles. The highest BCUT2D eigenvalue weighted by Crippen LogP contribution is 2.27. The van der Waals surface area contributed by atoms with Crippen LogP contribution in [0.25, 0.3) is 21.2 Å². The van der Waals surface area contributed by atoms with Crippen molar-refractivity contribution in [2.75, 3.05) is 0 Å². The second kappa shape index (κ2) is 7.19. The first-order valence-electron chi connectivity index (χ1n) is 7.86. The molecule has 26 heavy (non-hydrogen) atoms. The first-order valence-corrected chi connectivity index (χ1v) is 9.56. The second-order valence-electron chi connectivity index (χ2n) is 5.51. The lowest BCUT2D eigenvalue weighted by Crippen LogP contribution is -2.22. The van der Waals surface area contributed by atoms with Crippen molar-refractivity contribution in [1.29, 1.82) is 0 Å². The number of nitrogens with zero attached hydrogens (tertiary/aromatic N) is 3. The minimum absolute atomic E-state index is 0.267. The molecule has 0 radical (unpaired) electrons. The number of thiazole rings is 1. The van der Waals surface area contributed by atoms with Gasteiger partial charge in [-0.05, 0) is 30.5 Å². The third kappa shape index (κ3) is 3.42. The number of amides is 1. The van der Waals surface area contributed by atoms with Gasteiger partial charge >= 0.3 is 0 Å². The van der Waals surface area contributed by atoms with Gasteiger partial charge in [0.15, 0.2) is 11.5 Å². The third-order valence-corrected chi connectivity index (χ3v) is 5.81. The van der Waals surface area contributed by atoms with Gasteiger partial charge < -0.3 is 9.84 Å². The molecule has 8 heteroatoms. The average Bonchev–Trinajstić information content (AvgIpc) is 3.41. The van der Waals surface area contributed by atoms with Crippen LogP contribution < -0.4 is 5.32 Å². The van der Waals surface area contributed by atoms with E-state index in [1.165, 1.54) is 11.3 Å². The Hall–Kier alpha value is -2.84. The topological polar surface area (TPSA) is 80.9 Å². The van der Waals surface area contributed by atoms with Crippen molar-refractivity contribution in [3.8, 4) is 21.2 Å². The normalized spacial score (nSPS) is 10.8. The molecule has 0 saturated carbocycles. The molecular formula is C18H14N4O2S2. The van der Waals surface area contributed by atoms with E-state index in [9.17, 15) is 4.79 Å². The summed E-state index contributed by atoms with van der Waals surface area (Å²) in [5, 5.41) is 9.57. The lowest BCUT2D eigenvalue weighted by atomic mass is 10.3. The summed E-state index contributed by atoms with van der Waals surface area (Å²) in [4.78, 5) is 23.0. The Balaban J connectivity index is 1.44. The van der Waals surface area contributed by atoms with Gasteiger partial charge in [-0.2, -0.15) is 0 Å². The fourth-order valence-electron chi connectivity index (χ4n) is 2.37. The molecule has 0 bridgehead atoms. The minimum Gasteiger partial charge on any atom is -0.355 e. The maximum absolute atomic E-state index is 12.3. The summed E-state index contributed by atoms with van der Waals surface area (Å²) in [6.07, 6.45) is 3.51. The highest BCUT2D eigenvalue weighted by atomic mass is 32.1. The number of hydrogen-bond acceptors (Lipinski definition) is 7. The molecule has 4 rings (SSSR count). The molecule has 4 aromatic heterocycles. The van der Waals surface area contributed by atoms with Crippen LogP contribution in [0.3, 0.4) is 0 Å². The maximum Gasteiger partial charge on any atom is 0.273 e. The van der Waals surface area contributed by atoms with Gasteiger partial charge in [-0.3, -0.25) is 9.78 Å². The number of nitrogens with one attached hydrogen (secondary N) is 1. The van der Waals surface area contributed by atoms with Crippen LogP contribution in [0, 0.1) is 6.92 Å². The number of pyridine rings is 1. The monoisotopic (exact) mass is 382 g/mol. The summed E-state index contributed by atoms with van der Waals surface area (Å²) < 4.78 is 5.25. The zero-order chi connectivity index (χ0) is 17.9. The zero-order valence-corrected chi connectivity index (χ0v) is 15.4. The quantitative estimate of drug-likeness (QED) is 0.560. The number of aryl methyl sites for hydroxylation is 1. The number of hydrogen-bond donors (Lipinski definition) is 1. The van der Waals surface area contributed by atoms with Crippen LogP contribution in [0.15, 0.2) is 52.6 Å². The summed E-state index contributed by atoms with van der Waals surface area (Å²) >= 11 is 3.08. The van der Waals surface area contributed by atoms with Crippen LogP contribution in [0.1, 0.15) is 21.1 Å². The molecule has 0 aliphatic carbocycles. The molecule has 4 aromatic rings. The van der Waals surface area contributed by atoms with E-state index in [4.69, 9.17) is 4.52 Å². The molecule has 0 aliphatic heterocycles. The third-order valence-electron chi connectivity index (χ3n) is 3.72. The van der Waals surface area contributed by atoms with Crippen molar-refractivity contribution < 1.29 is 9.32 Å². The maximum atomic E-state index is 12.3. The Morgan fingerprint density at radius 3 is 3.00 bits per heavy atom. The molecule has 130 valence electrons. The largest absolute Gasteiger partial charge is 0.355 e. The zero-order valence-electron chi connectivity index (χ0n) is 13.8. The van der Waals surface area contributed by atoms with Gasteiger partial charge in [0.1, 0.15) is 5.01 Å². The summed E-state index contributed by atoms with van der Waals surface area (Å²) in [7, 11) is 0. The van der Waals surface area contributed by atoms with Crippen LogP contribution in [0.2, 0.25) is 0 Å². The average molecular weight is 382 g/mol. The van der Waals surface area contributed by atoms with Gasteiger partial charge in [-0.25, -0.2) is 4.98 Å². The predicted octanol–water partition coefficient (Wildman–Crippen LogP) is 4.16. The fraction of sp³-hybridized carbons (Fsp3) is 0.111. The van der Waals surface area contributed by atoms with Gasteiger partial charge in [0.05, 0.1) is 17.1 Å². The Bertz CT molecular complexity index is 1020. The highest BCUT2D eigenvalue weighted by molar-refractivity contribution is 7.15. The molecule has 4 heterocycles. The van der Waals surface area contributed by atoms with Crippen molar-refractivity contribution in [3.63, 3.8) is 0 Å². The minimum atomic E-state index is -0.271. The molecule has 1 amide bonds. The SMILES string of the molecule is Cc1nc(-c2cccnc2)sc1CNC(=O)c1cc(-c2cccs2)on1. The molecule has 1 N–H and O–H groups in total. The van der Waals surface area contributed by atoms with Gasteiger partial charge in [0.2, 0.25) is 0 Å². The number of carbonyl (C=O) groups is 1. The molecule has 0 fully saturated rings. The van der Waals surface area contributed by atoms with Gasteiger partial charge in [0, 0.05) is 28.9 Å². The van der Waals surface area contributed by atoms with E-state index in [0.29, 0.717) is 12.3 Å². The smallest absolute Gasteiger partial charge is 0.273 e. The van der Waals surface area contributed by atoms with E-state index in [1.54, 1.807) is 29.8 Å². The van der Waals surface area contributed by atoms with E-state index in [0.717, 1.165) is 26.0 Å². The van der Waals surface area contributed by atoms with Crippen molar-refractivity contribution in [2.45, 2.75) is 13.5 Å². The van der Waals surface area contributed by atoms with Gasteiger partial charge in [-0.1, -0.05) is 11.2 Å². The standard InChI is InChI=1S/C18H14N4O2S2/c1-11-16(26-18(21-11)12-4-2-6-19-9-12)10-20-17(23)13-8-14(24-22-13)15-5-3-7-25-15/h2-9H,10H2,1H3,(H,20,23). The molecule has 6 nitrogen and oxygen atoms in total. The van der Waals surface area contributed by atoms with Crippen molar-refractivity contribution in [3.05, 3.63) is 64.4 Å².